The lowest BCUT2D eigenvalue weighted by atomic mass is 10.1. The molecule has 0 aromatic heterocycles. The van der Waals surface area contributed by atoms with Gasteiger partial charge in [-0.2, -0.15) is 0 Å². The molecule has 6 nitrogen and oxygen atoms in total. The maximum absolute atomic E-state index is 13.1. The molecule has 0 saturated carbocycles. The molecule has 0 bridgehead atoms. The Hall–Kier alpha value is -3.62. The molecule has 3 aromatic rings. The number of ether oxygens (including phenoxy) is 2. The van der Waals surface area contributed by atoms with Crippen LogP contribution in [0.1, 0.15) is 22.3 Å². The third-order valence-corrected chi connectivity index (χ3v) is 7.09. The highest BCUT2D eigenvalue weighted by molar-refractivity contribution is 8.27. The van der Waals surface area contributed by atoms with Gasteiger partial charge in [-0.05, 0) is 79.4 Å². The van der Waals surface area contributed by atoms with Crippen molar-refractivity contribution in [1.82, 2.24) is 0 Å². The molecule has 1 N–H and O–H groups in total. The number of aryl methyl sites for hydroxylation is 3. The number of nitrogens with one attached hydrogen (secondary N) is 1. The first-order chi connectivity index (χ1) is 17.3. The molecule has 1 heterocycles. The summed E-state index contributed by atoms with van der Waals surface area (Å²) in [5.41, 5.74) is 5.48. The van der Waals surface area contributed by atoms with Crippen LogP contribution in [0.5, 0.6) is 11.5 Å². The summed E-state index contributed by atoms with van der Waals surface area (Å²) in [6.45, 7) is 5.79. The van der Waals surface area contributed by atoms with Gasteiger partial charge >= 0.3 is 0 Å². The largest absolute Gasteiger partial charge is 0.493 e. The van der Waals surface area contributed by atoms with E-state index >= 15 is 0 Å². The van der Waals surface area contributed by atoms with E-state index in [4.69, 9.17) is 21.7 Å². The van der Waals surface area contributed by atoms with E-state index in [1.165, 1.54) is 18.9 Å². The lowest BCUT2D eigenvalue weighted by Crippen LogP contribution is -2.28. The van der Waals surface area contributed by atoms with Gasteiger partial charge in [-0.1, -0.05) is 54.3 Å². The van der Waals surface area contributed by atoms with Gasteiger partial charge in [-0.15, -0.1) is 0 Å². The van der Waals surface area contributed by atoms with Gasteiger partial charge in [0.15, 0.2) is 22.4 Å². The second-order valence-electron chi connectivity index (χ2n) is 8.35. The number of carbonyl (C=O) groups is 2. The lowest BCUT2D eigenvalue weighted by molar-refractivity contribution is -0.118. The number of methoxy groups -OCH3 is 1. The number of amides is 2. The summed E-state index contributed by atoms with van der Waals surface area (Å²) < 4.78 is 11.7. The highest BCUT2D eigenvalue weighted by atomic mass is 32.2. The number of thioether (sulfide) groups is 1. The Morgan fingerprint density at radius 3 is 2.50 bits per heavy atom. The number of nitrogens with zero attached hydrogens (tertiary/aromatic N) is 1. The van der Waals surface area contributed by atoms with Gasteiger partial charge in [0.1, 0.15) is 0 Å². The normalized spacial score (nSPS) is 14.3. The summed E-state index contributed by atoms with van der Waals surface area (Å²) in [7, 11) is 1.53. The molecule has 0 spiro atoms. The number of anilines is 2. The molecule has 36 heavy (non-hydrogen) atoms. The van der Waals surface area contributed by atoms with Crippen molar-refractivity contribution < 1.29 is 19.1 Å². The third-order valence-electron chi connectivity index (χ3n) is 5.78. The van der Waals surface area contributed by atoms with Gasteiger partial charge in [0.25, 0.3) is 11.8 Å². The third kappa shape index (κ3) is 5.61. The van der Waals surface area contributed by atoms with Crippen molar-refractivity contribution in [3.63, 3.8) is 0 Å². The molecule has 8 heteroatoms. The van der Waals surface area contributed by atoms with E-state index in [2.05, 4.69) is 5.32 Å². The number of hydrogen-bond acceptors (Lipinski definition) is 6. The zero-order valence-corrected chi connectivity index (χ0v) is 22.1. The van der Waals surface area contributed by atoms with E-state index < -0.39 is 0 Å². The Morgan fingerprint density at radius 2 is 1.78 bits per heavy atom. The lowest BCUT2D eigenvalue weighted by Gasteiger charge is -2.16. The molecule has 2 amide bonds. The molecule has 0 aliphatic carbocycles. The van der Waals surface area contributed by atoms with Crippen LogP contribution in [0.3, 0.4) is 0 Å². The molecule has 4 rings (SSSR count). The second kappa shape index (κ2) is 11.0. The first kappa shape index (κ1) is 25.5. The van der Waals surface area contributed by atoms with Crippen LogP contribution in [0.2, 0.25) is 0 Å². The highest BCUT2D eigenvalue weighted by Gasteiger charge is 2.34. The summed E-state index contributed by atoms with van der Waals surface area (Å²) in [4.78, 5) is 27.6. The molecule has 0 radical (unpaired) electrons. The zero-order chi connectivity index (χ0) is 25.8. The Bertz CT molecular complexity index is 1380. The first-order valence-electron chi connectivity index (χ1n) is 11.3. The standard InChI is InChI=1S/C28H26N2O4S2/c1-17-9-11-21(13-19(17)3)29-26(31)16-34-23-12-10-20(14-24(23)33-4)15-25-27(32)30(28(35)36-25)22-8-6-5-7-18(22)2/h5-15H,16H2,1-4H3,(H,29,31)/b25-15-. The Morgan fingerprint density at radius 1 is 1.00 bits per heavy atom. The topological polar surface area (TPSA) is 67.9 Å². The molecular formula is C28H26N2O4S2. The van der Waals surface area contributed by atoms with Crippen molar-refractivity contribution in [1.29, 1.82) is 0 Å². The van der Waals surface area contributed by atoms with Gasteiger partial charge in [0.05, 0.1) is 17.7 Å². The van der Waals surface area contributed by atoms with Crippen molar-refractivity contribution in [3.05, 3.63) is 87.8 Å². The average molecular weight is 519 g/mol. The van der Waals surface area contributed by atoms with Crippen molar-refractivity contribution in [3.8, 4) is 11.5 Å². The average Bonchev–Trinajstić information content (AvgIpc) is 3.13. The summed E-state index contributed by atoms with van der Waals surface area (Å²) in [5.74, 6) is 0.445. The minimum absolute atomic E-state index is 0.165. The molecule has 3 aromatic carbocycles. The number of carbonyl (C=O) groups excluding carboxylic acids is 2. The highest BCUT2D eigenvalue weighted by Crippen LogP contribution is 2.38. The Labute approximate surface area is 220 Å². The molecule has 0 atom stereocenters. The van der Waals surface area contributed by atoms with Crippen LogP contribution in [0.15, 0.2) is 65.6 Å². The SMILES string of the molecule is COc1cc(/C=C2\SC(=S)N(c3ccccc3C)C2=O)ccc1OCC(=O)Nc1ccc(C)c(C)c1. The summed E-state index contributed by atoms with van der Waals surface area (Å²) in [5, 5.41) is 2.84. The first-order valence-corrected chi connectivity index (χ1v) is 12.5. The van der Waals surface area contributed by atoms with E-state index in [9.17, 15) is 9.59 Å². The van der Waals surface area contributed by atoms with Crippen molar-refractivity contribution in [2.45, 2.75) is 20.8 Å². The maximum Gasteiger partial charge on any atom is 0.270 e. The summed E-state index contributed by atoms with van der Waals surface area (Å²) in [6, 6.07) is 18.7. The summed E-state index contributed by atoms with van der Waals surface area (Å²) in [6.07, 6.45) is 1.77. The van der Waals surface area contributed by atoms with Crippen LogP contribution in [0.4, 0.5) is 11.4 Å². The van der Waals surface area contributed by atoms with Crippen LogP contribution >= 0.6 is 24.0 Å². The maximum atomic E-state index is 13.1. The second-order valence-corrected chi connectivity index (χ2v) is 10.0. The quantitative estimate of drug-likeness (QED) is 0.304. The summed E-state index contributed by atoms with van der Waals surface area (Å²) >= 11 is 6.74. The fourth-order valence-corrected chi connectivity index (χ4v) is 4.98. The molecule has 1 aliphatic rings. The smallest absolute Gasteiger partial charge is 0.270 e. The number of para-hydroxylation sites is 1. The minimum atomic E-state index is -0.274. The van der Waals surface area contributed by atoms with Gasteiger partial charge in [0, 0.05) is 5.69 Å². The van der Waals surface area contributed by atoms with Gasteiger partial charge in [-0.3, -0.25) is 14.5 Å². The van der Waals surface area contributed by atoms with Crippen LogP contribution in [-0.2, 0) is 9.59 Å². The molecule has 0 unspecified atom stereocenters. The predicted molar refractivity (Wildman–Crippen MR) is 150 cm³/mol. The monoisotopic (exact) mass is 518 g/mol. The zero-order valence-electron chi connectivity index (χ0n) is 20.5. The van der Waals surface area contributed by atoms with E-state index in [1.54, 1.807) is 29.2 Å². The predicted octanol–water partition coefficient (Wildman–Crippen LogP) is 6.04. The van der Waals surface area contributed by atoms with E-state index in [1.807, 2.05) is 63.2 Å². The Balaban J connectivity index is 1.45. The molecule has 1 fully saturated rings. The number of rotatable bonds is 7. The van der Waals surface area contributed by atoms with Crippen molar-refractivity contribution >= 4 is 57.6 Å². The van der Waals surface area contributed by atoms with Crippen LogP contribution in [0, 0.1) is 20.8 Å². The van der Waals surface area contributed by atoms with Gasteiger partial charge < -0.3 is 14.8 Å². The van der Waals surface area contributed by atoms with Crippen molar-refractivity contribution in [2.75, 3.05) is 23.9 Å². The van der Waals surface area contributed by atoms with E-state index in [0.29, 0.717) is 20.7 Å². The fraction of sp³-hybridized carbons (Fsp3) is 0.179. The van der Waals surface area contributed by atoms with E-state index in [0.717, 1.165) is 33.6 Å². The van der Waals surface area contributed by atoms with Crippen LogP contribution < -0.4 is 19.7 Å². The van der Waals surface area contributed by atoms with Crippen molar-refractivity contribution in [2.24, 2.45) is 0 Å². The van der Waals surface area contributed by atoms with E-state index in [-0.39, 0.29) is 18.4 Å². The fourth-order valence-electron chi connectivity index (χ4n) is 3.69. The molecular weight excluding hydrogens is 492 g/mol. The molecule has 1 saturated heterocycles. The number of hydrogen-bond donors (Lipinski definition) is 1. The van der Waals surface area contributed by atoms with Gasteiger partial charge in [-0.25, -0.2) is 0 Å². The number of thiocarbonyl (C=S) groups is 1. The minimum Gasteiger partial charge on any atom is -0.493 e. The Kier molecular flexibility index (Phi) is 7.76. The van der Waals surface area contributed by atoms with Crippen LogP contribution in [-0.4, -0.2) is 29.9 Å². The molecule has 184 valence electrons. The van der Waals surface area contributed by atoms with Gasteiger partial charge in [0.2, 0.25) is 0 Å². The number of benzene rings is 3. The van der Waals surface area contributed by atoms with Crippen LogP contribution in [0.25, 0.3) is 6.08 Å². The molecule has 1 aliphatic heterocycles.